The van der Waals surface area contributed by atoms with Gasteiger partial charge in [-0.1, -0.05) is 29.8 Å². The molecular weight excluding hydrogens is 238 g/mol. The van der Waals surface area contributed by atoms with E-state index >= 15 is 0 Å². The Morgan fingerprint density at radius 3 is 2.74 bits per heavy atom. The number of hydrogen-bond acceptors (Lipinski definition) is 2. The molecule has 2 aromatic rings. The standard InChI is InChI=1S/C16H17NO2/c1-12-6-8-13(9-7-12)14-4-2-10-17(14)16(18)15-5-3-11-19-15/h3,5-9,11,14H,2,4,10H2,1H3/t14-/m1/s1. The third kappa shape index (κ3) is 2.28. The largest absolute Gasteiger partial charge is 0.459 e. The van der Waals surface area contributed by atoms with Crippen LogP contribution in [0.4, 0.5) is 0 Å². The van der Waals surface area contributed by atoms with Crippen LogP contribution in [-0.2, 0) is 0 Å². The van der Waals surface area contributed by atoms with Crippen LogP contribution in [0.3, 0.4) is 0 Å². The second kappa shape index (κ2) is 4.92. The number of carbonyl (C=O) groups excluding carboxylic acids is 1. The number of amides is 1. The third-order valence-electron chi connectivity index (χ3n) is 3.71. The summed E-state index contributed by atoms with van der Waals surface area (Å²) in [5.41, 5.74) is 2.45. The molecule has 19 heavy (non-hydrogen) atoms. The molecule has 3 heteroatoms. The van der Waals surface area contributed by atoms with Crippen molar-refractivity contribution in [2.24, 2.45) is 0 Å². The lowest BCUT2D eigenvalue weighted by atomic mass is 10.0. The highest BCUT2D eigenvalue weighted by Crippen LogP contribution is 2.33. The number of rotatable bonds is 2. The second-order valence-electron chi connectivity index (χ2n) is 5.04. The molecule has 98 valence electrons. The van der Waals surface area contributed by atoms with Gasteiger partial charge in [0.15, 0.2) is 5.76 Å². The van der Waals surface area contributed by atoms with Crippen LogP contribution >= 0.6 is 0 Å². The number of likely N-dealkylation sites (tertiary alicyclic amines) is 1. The van der Waals surface area contributed by atoms with Gasteiger partial charge in [0.25, 0.3) is 5.91 Å². The molecule has 1 aromatic heterocycles. The monoisotopic (exact) mass is 255 g/mol. The Bertz CT molecular complexity index is 557. The lowest BCUT2D eigenvalue weighted by Crippen LogP contribution is -2.30. The Balaban J connectivity index is 1.85. The van der Waals surface area contributed by atoms with Crippen molar-refractivity contribution in [3.63, 3.8) is 0 Å². The zero-order chi connectivity index (χ0) is 13.2. The van der Waals surface area contributed by atoms with Gasteiger partial charge in [-0.15, -0.1) is 0 Å². The van der Waals surface area contributed by atoms with E-state index in [2.05, 4.69) is 31.2 Å². The van der Waals surface area contributed by atoms with Crippen LogP contribution in [0.2, 0.25) is 0 Å². The molecule has 1 aliphatic rings. The van der Waals surface area contributed by atoms with Gasteiger partial charge in [0.1, 0.15) is 0 Å². The van der Waals surface area contributed by atoms with E-state index < -0.39 is 0 Å². The number of carbonyl (C=O) groups is 1. The topological polar surface area (TPSA) is 33.5 Å². The fourth-order valence-corrected chi connectivity index (χ4v) is 2.69. The summed E-state index contributed by atoms with van der Waals surface area (Å²) in [6, 6.07) is 12.1. The number of furan rings is 1. The van der Waals surface area contributed by atoms with E-state index in [-0.39, 0.29) is 11.9 Å². The maximum Gasteiger partial charge on any atom is 0.290 e. The van der Waals surface area contributed by atoms with Gasteiger partial charge in [-0.05, 0) is 37.5 Å². The molecule has 1 atom stereocenters. The number of nitrogens with zero attached hydrogens (tertiary/aromatic N) is 1. The molecule has 3 rings (SSSR count). The number of benzene rings is 1. The molecule has 1 fully saturated rings. The summed E-state index contributed by atoms with van der Waals surface area (Å²) in [7, 11) is 0. The Kier molecular flexibility index (Phi) is 3.11. The predicted octanol–water partition coefficient (Wildman–Crippen LogP) is 3.57. The van der Waals surface area contributed by atoms with Gasteiger partial charge >= 0.3 is 0 Å². The van der Waals surface area contributed by atoms with Gasteiger partial charge in [-0.25, -0.2) is 0 Å². The highest BCUT2D eigenvalue weighted by Gasteiger charge is 2.31. The molecule has 0 radical (unpaired) electrons. The van der Waals surface area contributed by atoms with Crippen LogP contribution in [0, 0.1) is 6.92 Å². The Labute approximate surface area is 112 Å². The molecule has 1 amide bonds. The van der Waals surface area contributed by atoms with Crippen molar-refractivity contribution >= 4 is 5.91 Å². The molecule has 0 aliphatic carbocycles. The van der Waals surface area contributed by atoms with Crippen LogP contribution in [0.25, 0.3) is 0 Å². The van der Waals surface area contributed by atoms with E-state index in [4.69, 9.17) is 4.42 Å². The van der Waals surface area contributed by atoms with Crippen LogP contribution < -0.4 is 0 Å². The molecule has 0 bridgehead atoms. The van der Waals surface area contributed by atoms with Crippen molar-refractivity contribution in [2.45, 2.75) is 25.8 Å². The maximum absolute atomic E-state index is 12.4. The van der Waals surface area contributed by atoms with Crippen molar-refractivity contribution in [3.8, 4) is 0 Å². The molecule has 0 spiro atoms. The van der Waals surface area contributed by atoms with Gasteiger partial charge in [0.05, 0.1) is 12.3 Å². The summed E-state index contributed by atoms with van der Waals surface area (Å²) in [6.07, 6.45) is 3.62. The predicted molar refractivity (Wildman–Crippen MR) is 72.9 cm³/mol. The Morgan fingerprint density at radius 1 is 1.26 bits per heavy atom. The van der Waals surface area contributed by atoms with E-state index in [0.29, 0.717) is 5.76 Å². The Hall–Kier alpha value is -2.03. The summed E-state index contributed by atoms with van der Waals surface area (Å²) < 4.78 is 5.22. The lowest BCUT2D eigenvalue weighted by Gasteiger charge is -2.24. The molecule has 3 nitrogen and oxygen atoms in total. The van der Waals surface area contributed by atoms with E-state index in [1.165, 1.54) is 11.1 Å². The van der Waals surface area contributed by atoms with E-state index in [1.54, 1.807) is 18.4 Å². The molecule has 1 aliphatic heterocycles. The normalized spacial score (nSPS) is 18.8. The Morgan fingerprint density at radius 2 is 2.05 bits per heavy atom. The molecule has 0 saturated carbocycles. The van der Waals surface area contributed by atoms with Crippen LogP contribution in [0.15, 0.2) is 47.1 Å². The first-order chi connectivity index (χ1) is 9.25. The minimum atomic E-state index is -0.00641. The number of hydrogen-bond donors (Lipinski definition) is 0. The minimum absolute atomic E-state index is 0.00641. The summed E-state index contributed by atoms with van der Waals surface area (Å²) in [4.78, 5) is 14.3. The zero-order valence-corrected chi connectivity index (χ0v) is 11.0. The first-order valence-electron chi connectivity index (χ1n) is 6.67. The van der Waals surface area contributed by atoms with E-state index in [9.17, 15) is 4.79 Å². The second-order valence-corrected chi connectivity index (χ2v) is 5.04. The van der Waals surface area contributed by atoms with Crippen molar-refractivity contribution in [3.05, 3.63) is 59.5 Å². The fraction of sp³-hybridized carbons (Fsp3) is 0.312. The highest BCUT2D eigenvalue weighted by molar-refractivity contribution is 5.91. The molecule has 0 unspecified atom stereocenters. The van der Waals surface area contributed by atoms with Gasteiger partial charge in [0.2, 0.25) is 0 Å². The van der Waals surface area contributed by atoms with E-state index in [1.807, 2.05) is 4.90 Å². The molecule has 0 N–H and O–H groups in total. The molecule has 2 heterocycles. The van der Waals surface area contributed by atoms with Gasteiger partial charge in [-0.3, -0.25) is 4.79 Å². The lowest BCUT2D eigenvalue weighted by molar-refractivity contribution is 0.0703. The van der Waals surface area contributed by atoms with Crippen LogP contribution in [0.5, 0.6) is 0 Å². The summed E-state index contributed by atoms with van der Waals surface area (Å²) in [5.74, 6) is 0.423. The first-order valence-corrected chi connectivity index (χ1v) is 6.67. The summed E-state index contributed by atoms with van der Waals surface area (Å²) in [6.45, 7) is 2.88. The zero-order valence-electron chi connectivity index (χ0n) is 11.0. The SMILES string of the molecule is Cc1ccc([C@H]2CCCN2C(=O)c2ccco2)cc1. The van der Waals surface area contributed by atoms with Crippen LogP contribution in [0.1, 0.15) is 40.6 Å². The fourth-order valence-electron chi connectivity index (χ4n) is 2.69. The van der Waals surface area contributed by atoms with Gasteiger partial charge in [-0.2, -0.15) is 0 Å². The van der Waals surface area contributed by atoms with Crippen molar-refractivity contribution in [1.82, 2.24) is 4.90 Å². The van der Waals surface area contributed by atoms with Crippen molar-refractivity contribution < 1.29 is 9.21 Å². The van der Waals surface area contributed by atoms with Crippen molar-refractivity contribution in [2.75, 3.05) is 6.54 Å². The average molecular weight is 255 g/mol. The molecule has 1 aromatic carbocycles. The quantitative estimate of drug-likeness (QED) is 0.822. The minimum Gasteiger partial charge on any atom is -0.459 e. The maximum atomic E-state index is 12.4. The average Bonchev–Trinajstić information content (AvgIpc) is 3.10. The first kappa shape index (κ1) is 12.0. The third-order valence-corrected chi connectivity index (χ3v) is 3.71. The van der Waals surface area contributed by atoms with E-state index in [0.717, 1.165) is 19.4 Å². The summed E-state index contributed by atoms with van der Waals surface area (Å²) >= 11 is 0. The molecular formula is C16H17NO2. The van der Waals surface area contributed by atoms with Crippen molar-refractivity contribution in [1.29, 1.82) is 0 Å². The highest BCUT2D eigenvalue weighted by atomic mass is 16.3. The smallest absolute Gasteiger partial charge is 0.290 e. The van der Waals surface area contributed by atoms with Crippen LogP contribution in [-0.4, -0.2) is 17.4 Å². The number of aryl methyl sites for hydroxylation is 1. The van der Waals surface area contributed by atoms with Gasteiger partial charge < -0.3 is 9.32 Å². The van der Waals surface area contributed by atoms with Gasteiger partial charge in [0, 0.05) is 6.54 Å². The molecule has 1 saturated heterocycles. The summed E-state index contributed by atoms with van der Waals surface area (Å²) in [5, 5.41) is 0.